The average molecular weight is 349 g/mol. The SMILES string of the molecule is O=C(CSc1ccc2c(c1)CCC2)Nc1ccc(OC(F)F)cc1. The molecule has 3 rings (SSSR count). The fourth-order valence-corrected chi connectivity index (χ4v) is 3.46. The van der Waals surface area contributed by atoms with Gasteiger partial charge in [-0.25, -0.2) is 0 Å². The van der Waals surface area contributed by atoms with E-state index in [4.69, 9.17) is 0 Å². The van der Waals surface area contributed by atoms with E-state index in [9.17, 15) is 13.6 Å². The number of alkyl halides is 2. The van der Waals surface area contributed by atoms with Crippen LogP contribution in [-0.4, -0.2) is 18.3 Å². The first-order chi connectivity index (χ1) is 11.6. The molecule has 0 radical (unpaired) electrons. The van der Waals surface area contributed by atoms with Crippen molar-refractivity contribution in [2.24, 2.45) is 0 Å². The second kappa shape index (κ2) is 7.66. The molecule has 0 heterocycles. The molecule has 126 valence electrons. The Labute approximate surface area is 143 Å². The third-order valence-electron chi connectivity index (χ3n) is 3.80. The van der Waals surface area contributed by atoms with Crippen LogP contribution in [0.25, 0.3) is 0 Å². The summed E-state index contributed by atoms with van der Waals surface area (Å²) in [4.78, 5) is 13.1. The van der Waals surface area contributed by atoms with Crippen LogP contribution in [0, 0.1) is 0 Å². The molecule has 2 aromatic carbocycles. The van der Waals surface area contributed by atoms with Gasteiger partial charge in [0.2, 0.25) is 5.91 Å². The van der Waals surface area contributed by atoms with Crippen LogP contribution in [-0.2, 0) is 17.6 Å². The standard InChI is InChI=1S/C18H17F2NO2S/c19-18(20)23-15-7-5-14(6-8-15)21-17(22)11-24-16-9-4-12-2-1-3-13(12)10-16/h4-10,18H,1-3,11H2,(H,21,22). The molecule has 0 spiro atoms. The molecule has 6 heteroatoms. The van der Waals surface area contributed by atoms with Gasteiger partial charge in [0.15, 0.2) is 0 Å². The molecule has 1 N–H and O–H groups in total. The molecular weight excluding hydrogens is 332 g/mol. The van der Waals surface area contributed by atoms with Crippen LogP contribution in [0.1, 0.15) is 17.5 Å². The smallest absolute Gasteiger partial charge is 0.387 e. The largest absolute Gasteiger partial charge is 0.435 e. The first-order valence-corrected chi connectivity index (χ1v) is 8.68. The van der Waals surface area contributed by atoms with Gasteiger partial charge in [-0.15, -0.1) is 11.8 Å². The third-order valence-corrected chi connectivity index (χ3v) is 4.80. The van der Waals surface area contributed by atoms with Crippen LogP contribution in [0.2, 0.25) is 0 Å². The van der Waals surface area contributed by atoms with Gasteiger partial charge in [0.05, 0.1) is 5.75 Å². The minimum Gasteiger partial charge on any atom is -0.435 e. The highest BCUT2D eigenvalue weighted by molar-refractivity contribution is 8.00. The van der Waals surface area contributed by atoms with Crippen molar-refractivity contribution in [3.05, 3.63) is 53.6 Å². The van der Waals surface area contributed by atoms with Gasteiger partial charge in [0.25, 0.3) is 0 Å². The Morgan fingerprint density at radius 1 is 1.12 bits per heavy atom. The number of thioether (sulfide) groups is 1. The van der Waals surface area contributed by atoms with Crippen LogP contribution >= 0.6 is 11.8 Å². The highest BCUT2D eigenvalue weighted by atomic mass is 32.2. The molecule has 0 saturated heterocycles. The molecule has 24 heavy (non-hydrogen) atoms. The van der Waals surface area contributed by atoms with E-state index in [1.54, 1.807) is 0 Å². The molecule has 0 bridgehead atoms. The Balaban J connectivity index is 1.50. The molecule has 1 aliphatic carbocycles. The van der Waals surface area contributed by atoms with Gasteiger partial charge in [0, 0.05) is 10.6 Å². The third kappa shape index (κ3) is 4.47. The van der Waals surface area contributed by atoms with E-state index >= 15 is 0 Å². The topological polar surface area (TPSA) is 38.3 Å². The lowest BCUT2D eigenvalue weighted by atomic mass is 10.1. The molecular formula is C18H17F2NO2S. The van der Waals surface area contributed by atoms with Crippen LogP contribution < -0.4 is 10.1 Å². The average Bonchev–Trinajstić information content (AvgIpc) is 3.02. The van der Waals surface area contributed by atoms with E-state index in [1.807, 2.05) is 0 Å². The van der Waals surface area contributed by atoms with Crippen molar-refractivity contribution in [1.82, 2.24) is 0 Å². The van der Waals surface area contributed by atoms with Gasteiger partial charge < -0.3 is 10.1 Å². The van der Waals surface area contributed by atoms with E-state index in [0.717, 1.165) is 17.7 Å². The van der Waals surface area contributed by atoms with Gasteiger partial charge in [0.1, 0.15) is 5.75 Å². The van der Waals surface area contributed by atoms with Crippen molar-refractivity contribution in [2.45, 2.75) is 30.8 Å². The Hall–Kier alpha value is -2.08. The predicted octanol–water partition coefficient (Wildman–Crippen LogP) is 4.51. The monoisotopic (exact) mass is 349 g/mol. The summed E-state index contributed by atoms with van der Waals surface area (Å²) in [5.41, 5.74) is 3.35. The number of anilines is 1. The maximum atomic E-state index is 12.1. The lowest BCUT2D eigenvalue weighted by Crippen LogP contribution is -2.14. The van der Waals surface area contributed by atoms with Crippen molar-refractivity contribution in [3.8, 4) is 5.75 Å². The fourth-order valence-electron chi connectivity index (χ4n) is 2.70. The highest BCUT2D eigenvalue weighted by Gasteiger charge is 2.12. The number of carbonyl (C=O) groups excluding carboxylic acids is 1. The number of rotatable bonds is 6. The first kappa shape index (κ1) is 16.8. The number of fused-ring (bicyclic) bond motifs is 1. The summed E-state index contributed by atoms with van der Waals surface area (Å²) in [7, 11) is 0. The fraction of sp³-hybridized carbons (Fsp3) is 0.278. The molecule has 1 amide bonds. The van der Waals surface area contributed by atoms with E-state index < -0.39 is 6.61 Å². The Morgan fingerprint density at radius 3 is 2.62 bits per heavy atom. The zero-order valence-electron chi connectivity index (χ0n) is 12.9. The molecule has 3 nitrogen and oxygen atoms in total. The van der Waals surface area contributed by atoms with Crippen molar-refractivity contribution in [3.63, 3.8) is 0 Å². The highest BCUT2D eigenvalue weighted by Crippen LogP contribution is 2.27. The predicted molar refractivity (Wildman–Crippen MR) is 90.9 cm³/mol. The summed E-state index contributed by atoms with van der Waals surface area (Å²) in [5.74, 6) is 0.229. The van der Waals surface area contributed by atoms with Gasteiger partial charge in [-0.3, -0.25) is 4.79 Å². The Morgan fingerprint density at radius 2 is 1.88 bits per heavy atom. The molecule has 0 aromatic heterocycles. The number of carbonyl (C=O) groups is 1. The van der Waals surface area contributed by atoms with Gasteiger partial charge in [-0.1, -0.05) is 6.07 Å². The second-order valence-electron chi connectivity index (χ2n) is 5.52. The summed E-state index contributed by atoms with van der Waals surface area (Å²) in [6.07, 6.45) is 3.46. The molecule has 0 unspecified atom stereocenters. The zero-order valence-corrected chi connectivity index (χ0v) is 13.7. The molecule has 2 aromatic rings. The van der Waals surface area contributed by atoms with Crippen molar-refractivity contribution < 1.29 is 18.3 Å². The van der Waals surface area contributed by atoms with Gasteiger partial charge in [-0.2, -0.15) is 8.78 Å². The summed E-state index contributed by atoms with van der Waals surface area (Å²) in [5, 5.41) is 2.74. The van der Waals surface area contributed by atoms with Crippen LogP contribution in [0.4, 0.5) is 14.5 Å². The second-order valence-corrected chi connectivity index (χ2v) is 6.57. The number of amides is 1. The van der Waals surface area contributed by atoms with E-state index in [-0.39, 0.29) is 11.7 Å². The quantitative estimate of drug-likeness (QED) is 0.780. The maximum absolute atomic E-state index is 12.1. The van der Waals surface area contributed by atoms with Crippen molar-refractivity contribution in [1.29, 1.82) is 0 Å². The molecule has 0 aliphatic heterocycles. The summed E-state index contributed by atoms with van der Waals surface area (Å²) in [6.45, 7) is -2.85. The Kier molecular flexibility index (Phi) is 5.35. The van der Waals surface area contributed by atoms with Crippen molar-refractivity contribution in [2.75, 3.05) is 11.1 Å². The van der Waals surface area contributed by atoms with Gasteiger partial charge in [-0.05, 0) is 66.8 Å². The molecule has 0 saturated carbocycles. The number of ether oxygens (including phenoxy) is 1. The number of aryl methyl sites for hydroxylation is 2. The van der Waals surface area contributed by atoms with Crippen LogP contribution in [0.15, 0.2) is 47.4 Å². The zero-order chi connectivity index (χ0) is 16.9. The van der Waals surface area contributed by atoms with Crippen LogP contribution in [0.3, 0.4) is 0 Å². The van der Waals surface area contributed by atoms with Crippen LogP contribution in [0.5, 0.6) is 5.75 Å². The minimum atomic E-state index is -2.85. The van der Waals surface area contributed by atoms with E-state index in [1.165, 1.54) is 53.6 Å². The normalized spacial score (nSPS) is 13.0. The number of benzene rings is 2. The van der Waals surface area contributed by atoms with Gasteiger partial charge >= 0.3 is 6.61 Å². The maximum Gasteiger partial charge on any atom is 0.387 e. The Bertz CT molecular complexity index is 719. The lowest BCUT2D eigenvalue weighted by Gasteiger charge is -2.08. The minimum absolute atomic E-state index is 0.0653. The van der Waals surface area contributed by atoms with E-state index in [0.29, 0.717) is 11.4 Å². The summed E-state index contributed by atoms with van der Waals surface area (Å²) >= 11 is 1.49. The molecule has 0 fully saturated rings. The molecule has 1 aliphatic rings. The number of halogens is 2. The summed E-state index contributed by atoms with van der Waals surface area (Å²) in [6, 6.07) is 12.2. The summed E-state index contributed by atoms with van der Waals surface area (Å²) < 4.78 is 28.4. The van der Waals surface area contributed by atoms with Crippen molar-refractivity contribution >= 4 is 23.4 Å². The number of nitrogens with one attached hydrogen (secondary N) is 1. The first-order valence-electron chi connectivity index (χ1n) is 7.69. The lowest BCUT2D eigenvalue weighted by molar-refractivity contribution is -0.113. The number of hydrogen-bond donors (Lipinski definition) is 1. The molecule has 0 atom stereocenters. The van der Waals surface area contributed by atoms with E-state index in [2.05, 4.69) is 28.3 Å². The number of hydrogen-bond acceptors (Lipinski definition) is 3.